The number of hydrogen-bond donors (Lipinski definition) is 0. The van der Waals surface area contributed by atoms with Crippen LogP contribution in [-0.2, 0) is 0 Å². The molecule has 0 aromatic heterocycles. The molecule has 4 heteroatoms. The lowest BCUT2D eigenvalue weighted by Gasteiger charge is -2.07. The first-order chi connectivity index (χ1) is 3.72. The Balaban J connectivity index is 3.35. The second-order valence-corrected chi connectivity index (χ2v) is 16.6. The van der Waals surface area contributed by atoms with Crippen molar-refractivity contribution in [3.05, 3.63) is 0 Å². The molecule has 0 N–H and O–H groups in total. The first kappa shape index (κ1) is 9.01. The zero-order valence-corrected chi connectivity index (χ0v) is 9.15. The van der Waals surface area contributed by atoms with Crippen molar-refractivity contribution in [2.75, 3.05) is 0 Å². The van der Waals surface area contributed by atoms with Gasteiger partial charge in [-0.3, -0.25) is 0 Å². The van der Waals surface area contributed by atoms with Crippen molar-refractivity contribution >= 4 is 37.4 Å². The lowest BCUT2D eigenvalue weighted by molar-refractivity contribution is 1.35. The fraction of sp³-hybridized carbons (Fsp3) is 1.00. The monoisotopic (exact) mass is 186 g/mol. The van der Waals surface area contributed by atoms with Crippen LogP contribution in [0.25, 0.3) is 0 Å². The third-order valence-electron chi connectivity index (χ3n) is 1.41. The predicted molar refractivity (Wildman–Crippen MR) is 47.0 cm³/mol. The molecule has 0 radical (unpaired) electrons. The summed E-state index contributed by atoms with van der Waals surface area (Å²) in [4.78, 5) is 0. The van der Waals surface area contributed by atoms with Gasteiger partial charge in [-0.05, 0) is 0 Å². The van der Waals surface area contributed by atoms with Crippen LogP contribution in [-0.4, -0.2) is 15.2 Å². The van der Waals surface area contributed by atoms with Crippen LogP contribution in [0.2, 0.25) is 12.1 Å². The molecule has 0 atom stereocenters. The minimum Gasteiger partial charge on any atom is -0.155 e. The largest absolute Gasteiger partial charge is 0.221 e. The van der Waals surface area contributed by atoms with Gasteiger partial charge in [-0.2, -0.15) is 22.2 Å². The minimum atomic E-state index is -1.20. The molecular weight excluding hydrogens is 175 g/mol. The van der Waals surface area contributed by atoms with Crippen LogP contribution in [0, 0.1) is 0 Å². The van der Waals surface area contributed by atoms with Crippen LogP contribution >= 0.6 is 22.2 Å². The highest BCUT2D eigenvalue weighted by molar-refractivity contribution is 7.60. The highest BCUT2D eigenvalue weighted by atomic mass is 35.7. The smallest absolute Gasteiger partial charge is 0.155 e. The van der Waals surface area contributed by atoms with E-state index in [9.17, 15) is 0 Å². The van der Waals surface area contributed by atoms with Gasteiger partial charge in [0.05, 0.1) is 8.31 Å². The van der Waals surface area contributed by atoms with Gasteiger partial charge in [0.15, 0.2) is 0 Å². The Morgan fingerprint density at radius 3 is 1.50 bits per heavy atom. The van der Waals surface area contributed by atoms with E-state index in [-0.39, 0.29) is 0 Å². The summed E-state index contributed by atoms with van der Waals surface area (Å²) in [6.07, 6.45) is 0. The van der Waals surface area contributed by atoms with Crippen molar-refractivity contribution in [2.45, 2.75) is 25.9 Å². The summed E-state index contributed by atoms with van der Waals surface area (Å²) in [5, 5.41) is 0. The Morgan fingerprint density at radius 2 is 1.50 bits per heavy atom. The van der Waals surface area contributed by atoms with E-state index in [1.165, 1.54) is 12.1 Å². The second-order valence-electron chi connectivity index (χ2n) is 1.91. The van der Waals surface area contributed by atoms with Gasteiger partial charge in [0, 0.05) is 0 Å². The van der Waals surface area contributed by atoms with Gasteiger partial charge in [-0.25, -0.2) is 0 Å². The fourth-order valence-electron chi connectivity index (χ4n) is 0.645. The van der Waals surface area contributed by atoms with E-state index in [2.05, 4.69) is 13.8 Å². The van der Waals surface area contributed by atoms with Gasteiger partial charge in [0.1, 0.15) is 0 Å². The van der Waals surface area contributed by atoms with Crippen molar-refractivity contribution < 1.29 is 0 Å². The number of hydrogen-bond acceptors (Lipinski definition) is 0. The van der Waals surface area contributed by atoms with Crippen molar-refractivity contribution in [1.82, 2.24) is 0 Å². The molecule has 0 aliphatic heterocycles. The van der Waals surface area contributed by atoms with Gasteiger partial charge >= 0.3 is 0 Å². The molecule has 8 heavy (non-hydrogen) atoms. The highest BCUT2D eigenvalue weighted by Crippen LogP contribution is 2.08. The Morgan fingerprint density at radius 1 is 1.12 bits per heavy atom. The first-order valence-electron chi connectivity index (χ1n) is 3.00. The van der Waals surface area contributed by atoms with Crippen LogP contribution in [0.1, 0.15) is 13.8 Å². The average Bonchev–Trinajstić information content (AvgIpc) is 1.69. The number of rotatable bonds is 3. The molecule has 0 unspecified atom stereocenters. The summed E-state index contributed by atoms with van der Waals surface area (Å²) in [7, 11) is -0.596. The molecule has 0 aliphatic rings. The Kier molecular flexibility index (Phi) is 5.47. The third-order valence-corrected chi connectivity index (χ3v) is 15.6. The maximum absolute atomic E-state index is 5.81. The quantitative estimate of drug-likeness (QED) is 0.468. The van der Waals surface area contributed by atoms with Gasteiger partial charge in [0.2, 0.25) is 6.93 Å². The van der Waals surface area contributed by atoms with E-state index in [0.717, 1.165) is 0 Å². The molecule has 0 saturated heterocycles. The van der Waals surface area contributed by atoms with Gasteiger partial charge in [0.25, 0.3) is 0 Å². The van der Waals surface area contributed by atoms with Gasteiger partial charge in [-0.1, -0.05) is 25.9 Å². The van der Waals surface area contributed by atoms with Crippen LogP contribution in [0.15, 0.2) is 0 Å². The molecule has 50 valence electrons. The van der Waals surface area contributed by atoms with Gasteiger partial charge < -0.3 is 0 Å². The maximum atomic E-state index is 5.81. The summed E-state index contributed by atoms with van der Waals surface area (Å²) in [6.45, 7) is 3.20. The van der Waals surface area contributed by atoms with E-state index in [0.29, 0.717) is 0 Å². The third kappa shape index (κ3) is 3.12. The van der Waals surface area contributed by atoms with Crippen LogP contribution in [0.3, 0.4) is 0 Å². The molecule has 0 heterocycles. The molecular formula is C4H12Cl2Si2. The highest BCUT2D eigenvalue weighted by Gasteiger charge is 2.15. The SMILES string of the molecule is CC[SiH](CC)[SiH](Cl)Cl. The zero-order chi connectivity index (χ0) is 6.57. The summed E-state index contributed by atoms with van der Waals surface area (Å²) in [6, 6.07) is 2.56. The van der Waals surface area contributed by atoms with Gasteiger partial charge in [-0.15, -0.1) is 0 Å². The molecule has 0 aromatic carbocycles. The van der Waals surface area contributed by atoms with E-state index in [1.807, 2.05) is 0 Å². The second kappa shape index (κ2) is 4.85. The maximum Gasteiger partial charge on any atom is 0.221 e. The van der Waals surface area contributed by atoms with E-state index in [4.69, 9.17) is 22.2 Å². The molecule has 0 aliphatic carbocycles. The predicted octanol–water partition coefficient (Wildman–Crippen LogP) is 2.03. The Bertz CT molecular complexity index is 54.0. The molecule has 0 amide bonds. The van der Waals surface area contributed by atoms with Crippen molar-refractivity contribution in [1.29, 1.82) is 0 Å². The summed E-state index contributed by atoms with van der Waals surface area (Å²) in [5.74, 6) is 0. The lowest BCUT2D eigenvalue weighted by Crippen LogP contribution is -2.23. The summed E-state index contributed by atoms with van der Waals surface area (Å²) in [5.41, 5.74) is 0. The Hall–Kier alpha value is 1.01. The van der Waals surface area contributed by atoms with Crippen LogP contribution < -0.4 is 0 Å². The summed E-state index contributed by atoms with van der Waals surface area (Å²) >= 11 is 11.6. The van der Waals surface area contributed by atoms with E-state index in [1.54, 1.807) is 0 Å². The van der Waals surface area contributed by atoms with Crippen LogP contribution in [0.4, 0.5) is 0 Å². The summed E-state index contributed by atoms with van der Waals surface area (Å²) < 4.78 is 0. The molecule has 0 aromatic rings. The molecule has 0 nitrogen and oxygen atoms in total. The average molecular weight is 187 g/mol. The molecule has 0 saturated carbocycles. The van der Waals surface area contributed by atoms with Crippen molar-refractivity contribution in [2.24, 2.45) is 0 Å². The van der Waals surface area contributed by atoms with Crippen LogP contribution in [0.5, 0.6) is 0 Å². The molecule has 0 fully saturated rings. The van der Waals surface area contributed by atoms with Crippen molar-refractivity contribution in [3.63, 3.8) is 0 Å². The zero-order valence-electron chi connectivity index (χ0n) is 5.32. The molecule has 0 bridgehead atoms. The first-order valence-corrected chi connectivity index (χ1v) is 10.8. The normalized spacial score (nSPS) is 11.2. The van der Waals surface area contributed by atoms with E-state index >= 15 is 0 Å². The van der Waals surface area contributed by atoms with Crippen molar-refractivity contribution in [3.8, 4) is 0 Å². The molecule has 0 spiro atoms. The lowest BCUT2D eigenvalue weighted by atomic mass is 11.0. The minimum absolute atomic E-state index is 0.596. The topological polar surface area (TPSA) is 0 Å². The standard InChI is InChI=1S/C4H12Cl2Si2/c1-3-7(4-2)8(5)6/h7-8H,3-4H2,1-2H3. The Labute approximate surface area is 63.6 Å². The number of halogens is 2. The fourth-order valence-corrected chi connectivity index (χ4v) is 10.5. The van der Waals surface area contributed by atoms with E-state index < -0.39 is 15.2 Å². The molecule has 0 rings (SSSR count).